The molecule has 0 atom stereocenters. The second kappa shape index (κ2) is 8.15. The van der Waals surface area contributed by atoms with Gasteiger partial charge in [0, 0.05) is 5.88 Å². The Balaban J connectivity index is 2.21. The molecule has 2 rings (SSSR count). The summed E-state index contributed by atoms with van der Waals surface area (Å²) in [5.41, 5.74) is 1.25. The van der Waals surface area contributed by atoms with Gasteiger partial charge in [0.2, 0.25) is 0 Å². The number of hydrogen-bond donors (Lipinski definition) is 0. The molecule has 6 heteroatoms. The summed E-state index contributed by atoms with van der Waals surface area (Å²) in [7, 11) is 1.36. The summed E-state index contributed by atoms with van der Waals surface area (Å²) in [6.07, 6.45) is 1.85. The summed E-state index contributed by atoms with van der Waals surface area (Å²) in [4.78, 5) is 16.9. The second-order valence-electron chi connectivity index (χ2n) is 4.67. The van der Waals surface area contributed by atoms with Crippen LogP contribution in [0.5, 0.6) is 5.75 Å². The number of esters is 1. The minimum atomic E-state index is -0.423. The van der Waals surface area contributed by atoms with Crippen LogP contribution in [0.3, 0.4) is 0 Å². The Labute approximate surface area is 139 Å². The van der Waals surface area contributed by atoms with E-state index in [2.05, 4.69) is 4.98 Å². The van der Waals surface area contributed by atoms with Crippen molar-refractivity contribution in [2.45, 2.75) is 19.8 Å². The van der Waals surface area contributed by atoms with E-state index in [4.69, 9.17) is 21.1 Å². The third kappa shape index (κ3) is 4.21. The Morgan fingerprint density at radius 2 is 2.18 bits per heavy atom. The van der Waals surface area contributed by atoms with Crippen LogP contribution in [-0.4, -0.2) is 30.5 Å². The van der Waals surface area contributed by atoms with Crippen LogP contribution in [0.2, 0.25) is 0 Å². The molecular formula is C16H18ClNO3S. The fourth-order valence-corrected chi connectivity index (χ4v) is 3.06. The summed E-state index contributed by atoms with van der Waals surface area (Å²) < 4.78 is 10.5. The van der Waals surface area contributed by atoms with Crippen molar-refractivity contribution < 1.29 is 14.3 Å². The van der Waals surface area contributed by atoms with E-state index in [0.29, 0.717) is 18.2 Å². The number of aromatic nitrogens is 1. The maximum absolute atomic E-state index is 11.8. The van der Waals surface area contributed by atoms with Crippen molar-refractivity contribution in [3.63, 3.8) is 0 Å². The Bertz CT molecular complexity index is 642. The monoisotopic (exact) mass is 339 g/mol. The summed E-state index contributed by atoms with van der Waals surface area (Å²) in [6.45, 7) is 2.49. The summed E-state index contributed by atoms with van der Waals surface area (Å²) >= 11 is 7.11. The lowest BCUT2D eigenvalue weighted by molar-refractivity contribution is 0.0595. The van der Waals surface area contributed by atoms with Crippen LogP contribution in [0.25, 0.3) is 10.4 Å². The minimum absolute atomic E-state index is 0.351. The van der Waals surface area contributed by atoms with Gasteiger partial charge in [0.15, 0.2) is 5.69 Å². The van der Waals surface area contributed by atoms with E-state index < -0.39 is 5.97 Å². The zero-order valence-electron chi connectivity index (χ0n) is 12.6. The molecule has 4 nitrogen and oxygen atoms in total. The fraction of sp³-hybridized carbons (Fsp3) is 0.375. The maximum Gasteiger partial charge on any atom is 0.358 e. The van der Waals surface area contributed by atoms with Crippen molar-refractivity contribution in [2.24, 2.45) is 0 Å². The van der Waals surface area contributed by atoms with Gasteiger partial charge in [-0.3, -0.25) is 0 Å². The smallest absolute Gasteiger partial charge is 0.358 e. The zero-order chi connectivity index (χ0) is 15.9. The minimum Gasteiger partial charge on any atom is -0.494 e. The van der Waals surface area contributed by atoms with Gasteiger partial charge in [0.05, 0.1) is 23.6 Å². The zero-order valence-corrected chi connectivity index (χ0v) is 14.2. The fourth-order valence-electron chi connectivity index (χ4n) is 1.97. The Morgan fingerprint density at radius 1 is 1.36 bits per heavy atom. The highest BCUT2D eigenvalue weighted by atomic mass is 35.5. The number of alkyl halides is 1. The van der Waals surface area contributed by atoms with Gasteiger partial charge in [-0.15, -0.1) is 22.9 Å². The topological polar surface area (TPSA) is 48.4 Å². The lowest BCUT2D eigenvalue weighted by atomic mass is 10.1. The van der Waals surface area contributed by atoms with Gasteiger partial charge in [0.25, 0.3) is 0 Å². The van der Waals surface area contributed by atoms with Crippen LogP contribution in [0.4, 0.5) is 0 Å². The summed E-state index contributed by atoms with van der Waals surface area (Å²) in [5.74, 6) is 0.994. The third-order valence-electron chi connectivity index (χ3n) is 3.01. The number of ether oxygens (including phenoxy) is 2. The Hall–Kier alpha value is -1.59. The van der Waals surface area contributed by atoms with Gasteiger partial charge in [-0.05, 0) is 37.5 Å². The molecule has 0 N–H and O–H groups in total. The SMILES string of the molecule is COC(=O)c1nc(C)sc1-c1cccc(OCCCCCl)c1. The number of carbonyl (C=O) groups excluding carboxylic acids is 1. The average Bonchev–Trinajstić information content (AvgIpc) is 2.93. The van der Waals surface area contributed by atoms with Crippen LogP contribution >= 0.6 is 22.9 Å². The van der Waals surface area contributed by atoms with Crippen LogP contribution < -0.4 is 4.74 Å². The standard InChI is InChI=1S/C16H18ClNO3S/c1-11-18-14(16(19)20-2)15(22-11)12-6-5-7-13(10-12)21-9-4-3-8-17/h5-7,10H,3-4,8-9H2,1-2H3. The van der Waals surface area contributed by atoms with Crippen molar-refractivity contribution in [2.75, 3.05) is 19.6 Å². The molecule has 0 saturated heterocycles. The largest absolute Gasteiger partial charge is 0.494 e. The number of carbonyl (C=O) groups is 1. The number of hydrogen-bond acceptors (Lipinski definition) is 5. The van der Waals surface area contributed by atoms with E-state index in [9.17, 15) is 4.79 Å². The highest BCUT2D eigenvalue weighted by Gasteiger charge is 2.19. The van der Waals surface area contributed by atoms with Crippen molar-refractivity contribution >= 4 is 28.9 Å². The molecule has 0 aliphatic heterocycles. The number of aryl methyl sites for hydroxylation is 1. The molecule has 0 aliphatic carbocycles. The van der Waals surface area contributed by atoms with Crippen molar-refractivity contribution in [3.8, 4) is 16.2 Å². The first kappa shape index (κ1) is 16.8. The number of benzene rings is 1. The number of thiazole rings is 1. The van der Waals surface area contributed by atoms with Crippen LogP contribution in [0.1, 0.15) is 28.3 Å². The lowest BCUT2D eigenvalue weighted by Gasteiger charge is -2.07. The van der Waals surface area contributed by atoms with Crippen molar-refractivity contribution in [1.29, 1.82) is 0 Å². The van der Waals surface area contributed by atoms with Gasteiger partial charge in [-0.25, -0.2) is 9.78 Å². The van der Waals surface area contributed by atoms with Gasteiger partial charge >= 0.3 is 5.97 Å². The molecule has 0 radical (unpaired) electrons. The van der Waals surface area contributed by atoms with Crippen LogP contribution in [-0.2, 0) is 4.74 Å². The second-order valence-corrected chi connectivity index (χ2v) is 6.26. The van der Waals surface area contributed by atoms with Crippen molar-refractivity contribution in [3.05, 3.63) is 35.0 Å². The van der Waals surface area contributed by atoms with E-state index in [-0.39, 0.29) is 0 Å². The predicted molar refractivity (Wildman–Crippen MR) is 89.1 cm³/mol. The first-order valence-electron chi connectivity index (χ1n) is 7.00. The highest BCUT2D eigenvalue weighted by molar-refractivity contribution is 7.15. The summed E-state index contributed by atoms with van der Waals surface area (Å²) in [6, 6.07) is 7.66. The molecule has 0 bridgehead atoms. The molecule has 0 fully saturated rings. The van der Waals surface area contributed by atoms with Gasteiger partial charge in [-0.2, -0.15) is 0 Å². The molecule has 1 aromatic carbocycles. The van der Waals surface area contributed by atoms with Crippen molar-refractivity contribution in [1.82, 2.24) is 4.98 Å². The molecule has 0 spiro atoms. The van der Waals surface area contributed by atoms with E-state index in [1.54, 1.807) is 0 Å². The molecule has 0 unspecified atom stereocenters. The first-order chi connectivity index (χ1) is 10.7. The molecule has 1 heterocycles. The average molecular weight is 340 g/mol. The predicted octanol–water partition coefficient (Wildman–Crippen LogP) is 4.30. The van der Waals surface area contributed by atoms with Gasteiger partial charge in [-0.1, -0.05) is 12.1 Å². The number of rotatable bonds is 7. The summed E-state index contributed by atoms with van der Waals surface area (Å²) in [5, 5.41) is 0.823. The molecule has 0 aliphatic rings. The molecular weight excluding hydrogens is 322 g/mol. The van der Waals surface area contributed by atoms with Gasteiger partial charge < -0.3 is 9.47 Å². The number of unbranched alkanes of at least 4 members (excludes halogenated alkanes) is 1. The normalized spacial score (nSPS) is 10.5. The molecule has 1 aromatic heterocycles. The highest BCUT2D eigenvalue weighted by Crippen LogP contribution is 2.32. The quantitative estimate of drug-likeness (QED) is 0.428. The first-order valence-corrected chi connectivity index (χ1v) is 8.35. The Kier molecular flexibility index (Phi) is 6.21. The number of methoxy groups -OCH3 is 1. The molecule has 0 amide bonds. The van der Waals surface area contributed by atoms with Crippen LogP contribution in [0, 0.1) is 6.92 Å². The van der Waals surface area contributed by atoms with E-state index in [1.807, 2.05) is 31.2 Å². The number of nitrogens with zero attached hydrogens (tertiary/aromatic N) is 1. The molecule has 0 saturated carbocycles. The lowest BCUT2D eigenvalue weighted by Crippen LogP contribution is -2.03. The van der Waals surface area contributed by atoms with Crippen LogP contribution in [0.15, 0.2) is 24.3 Å². The van der Waals surface area contributed by atoms with E-state index in [1.165, 1.54) is 18.4 Å². The van der Waals surface area contributed by atoms with Gasteiger partial charge in [0.1, 0.15) is 5.75 Å². The van der Waals surface area contributed by atoms with E-state index in [0.717, 1.165) is 34.0 Å². The number of halogens is 1. The van der Waals surface area contributed by atoms with E-state index >= 15 is 0 Å². The molecule has 2 aromatic rings. The maximum atomic E-state index is 11.8. The Morgan fingerprint density at radius 3 is 2.91 bits per heavy atom. The molecule has 118 valence electrons. The molecule has 22 heavy (non-hydrogen) atoms. The third-order valence-corrected chi connectivity index (χ3v) is 4.29.